The number of nitrogens with two attached hydrogens (primary N) is 1. The second kappa shape index (κ2) is 5.35. The van der Waals surface area contributed by atoms with Gasteiger partial charge in [-0.1, -0.05) is 38.0 Å². The van der Waals surface area contributed by atoms with Crippen molar-refractivity contribution in [1.29, 1.82) is 0 Å². The number of aromatic nitrogens is 1. The van der Waals surface area contributed by atoms with Crippen LogP contribution in [0.1, 0.15) is 31.9 Å². The zero-order chi connectivity index (χ0) is 14.0. The fourth-order valence-corrected chi connectivity index (χ4v) is 3.57. The smallest absolute Gasteiger partial charge is 0.240 e. The number of hydrogen-bond donors (Lipinski definition) is 1. The highest BCUT2D eigenvalue weighted by molar-refractivity contribution is 7.89. The minimum atomic E-state index is -3.69. The summed E-state index contributed by atoms with van der Waals surface area (Å²) in [4.78, 5) is 0.264. The third-order valence-electron chi connectivity index (χ3n) is 3.44. The van der Waals surface area contributed by atoms with Crippen LogP contribution >= 0.6 is 0 Å². The molecule has 5 heteroatoms. The van der Waals surface area contributed by atoms with E-state index >= 15 is 0 Å². The molecule has 0 atom stereocenters. The van der Waals surface area contributed by atoms with Gasteiger partial charge in [-0.25, -0.2) is 13.6 Å². The summed E-state index contributed by atoms with van der Waals surface area (Å²) >= 11 is 0. The van der Waals surface area contributed by atoms with Crippen molar-refractivity contribution in [2.75, 3.05) is 0 Å². The molecule has 104 valence electrons. The second-order valence-corrected chi connectivity index (χ2v) is 6.33. The van der Waals surface area contributed by atoms with Crippen molar-refractivity contribution in [3.05, 3.63) is 30.0 Å². The SMILES string of the molecule is CCCCCn1c(C)c(S(N)(=O)=O)c2ccccc21. The van der Waals surface area contributed by atoms with E-state index in [9.17, 15) is 8.42 Å². The van der Waals surface area contributed by atoms with Crippen molar-refractivity contribution in [1.82, 2.24) is 4.57 Å². The molecule has 1 aromatic heterocycles. The largest absolute Gasteiger partial charge is 0.343 e. The van der Waals surface area contributed by atoms with E-state index in [2.05, 4.69) is 11.5 Å². The summed E-state index contributed by atoms with van der Waals surface area (Å²) in [6, 6.07) is 7.53. The molecule has 2 N–H and O–H groups in total. The van der Waals surface area contributed by atoms with E-state index in [1.54, 1.807) is 0 Å². The minimum Gasteiger partial charge on any atom is -0.343 e. The zero-order valence-electron chi connectivity index (χ0n) is 11.4. The van der Waals surface area contributed by atoms with E-state index in [0.29, 0.717) is 0 Å². The molecule has 19 heavy (non-hydrogen) atoms. The summed E-state index contributed by atoms with van der Waals surface area (Å²) in [5, 5.41) is 6.07. The zero-order valence-corrected chi connectivity index (χ0v) is 12.2. The van der Waals surface area contributed by atoms with Gasteiger partial charge in [-0.3, -0.25) is 0 Å². The number of primary sulfonamides is 1. The monoisotopic (exact) mass is 280 g/mol. The van der Waals surface area contributed by atoms with Crippen LogP contribution < -0.4 is 5.14 Å². The fraction of sp³-hybridized carbons (Fsp3) is 0.429. The number of rotatable bonds is 5. The third kappa shape index (κ3) is 2.67. The van der Waals surface area contributed by atoms with Gasteiger partial charge in [0.1, 0.15) is 4.90 Å². The average Bonchev–Trinajstić information content (AvgIpc) is 2.62. The van der Waals surface area contributed by atoms with Crippen molar-refractivity contribution < 1.29 is 8.42 Å². The van der Waals surface area contributed by atoms with E-state index < -0.39 is 10.0 Å². The van der Waals surface area contributed by atoms with Crippen molar-refractivity contribution in [3.8, 4) is 0 Å². The maximum Gasteiger partial charge on any atom is 0.240 e. The number of para-hydroxylation sites is 1. The fourth-order valence-electron chi connectivity index (χ4n) is 2.57. The molecule has 1 heterocycles. The highest BCUT2D eigenvalue weighted by Gasteiger charge is 2.21. The van der Waals surface area contributed by atoms with Gasteiger partial charge in [0.25, 0.3) is 0 Å². The molecule has 0 saturated heterocycles. The van der Waals surface area contributed by atoms with Crippen LogP contribution in [-0.4, -0.2) is 13.0 Å². The number of benzene rings is 1. The van der Waals surface area contributed by atoms with Crippen molar-refractivity contribution >= 4 is 20.9 Å². The molecular weight excluding hydrogens is 260 g/mol. The van der Waals surface area contributed by atoms with Crippen molar-refractivity contribution in [3.63, 3.8) is 0 Å². The average molecular weight is 280 g/mol. The Kier molecular flexibility index (Phi) is 3.96. The maximum atomic E-state index is 11.8. The van der Waals surface area contributed by atoms with Gasteiger partial charge >= 0.3 is 0 Å². The molecule has 2 rings (SSSR count). The molecule has 1 aromatic carbocycles. The summed E-state index contributed by atoms with van der Waals surface area (Å²) in [7, 11) is -3.69. The van der Waals surface area contributed by atoms with Crippen LogP contribution in [0.2, 0.25) is 0 Å². The first-order chi connectivity index (χ1) is 8.96. The van der Waals surface area contributed by atoms with Crippen LogP contribution in [0, 0.1) is 6.92 Å². The highest BCUT2D eigenvalue weighted by Crippen LogP contribution is 2.29. The molecule has 0 bridgehead atoms. The van der Waals surface area contributed by atoms with Crippen molar-refractivity contribution in [2.45, 2.75) is 44.6 Å². The second-order valence-electron chi connectivity index (χ2n) is 4.84. The van der Waals surface area contributed by atoms with Gasteiger partial charge < -0.3 is 4.57 Å². The summed E-state index contributed by atoms with van der Waals surface area (Å²) in [6.45, 7) is 4.80. The first-order valence-corrected chi connectivity index (χ1v) is 8.12. The van der Waals surface area contributed by atoms with E-state index in [1.165, 1.54) is 0 Å². The minimum absolute atomic E-state index is 0.264. The van der Waals surface area contributed by atoms with Crippen LogP contribution in [0.25, 0.3) is 10.9 Å². The van der Waals surface area contributed by atoms with Crippen LogP contribution in [-0.2, 0) is 16.6 Å². The normalized spacial score (nSPS) is 12.2. The first-order valence-electron chi connectivity index (χ1n) is 6.57. The van der Waals surface area contributed by atoms with Gasteiger partial charge in [0, 0.05) is 23.1 Å². The van der Waals surface area contributed by atoms with Gasteiger partial charge in [-0.05, 0) is 19.4 Å². The molecule has 2 aromatic rings. The molecule has 0 aliphatic carbocycles. The van der Waals surface area contributed by atoms with Gasteiger partial charge in [-0.15, -0.1) is 0 Å². The lowest BCUT2D eigenvalue weighted by Gasteiger charge is -2.07. The van der Waals surface area contributed by atoms with Crippen LogP contribution in [0.4, 0.5) is 0 Å². The van der Waals surface area contributed by atoms with Gasteiger partial charge in [0.15, 0.2) is 0 Å². The molecule has 0 saturated carbocycles. The Balaban J connectivity index is 2.61. The number of aryl methyl sites for hydroxylation is 1. The summed E-state index contributed by atoms with van der Waals surface area (Å²) in [5.41, 5.74) is 1.68. The molecular formula is C14H20N2O2S. The lowest BCUT2D eigenvalue weighted by Crippen LogP contribution is -2.13. The predicted octanol–water partition coefficient (Wildman–Crippen LogP) is 2.79. The quantitative estimate of drug-likeness (QED) is 0.856. The van der Waals surface area contributed by atoms with Crippen LogP contribution in [0.3, 0.4) is 0 Å². The third-order valence-corrected chi connectivity index (χ3v) is 4.53. The lowest BCUT2D eigenvalue weighted by atomic mass is 10.2. The maximum absolute atomic E-state index is 11.8. The Morgan fingerprint density at radius 1 is 1.21 bits per heavy atom. The summed E-state index contributed by atoms with van der Waals surface area (Å²) in [6.07, 6.45) is 3.32. The van der Waals surface area contributed by atoms with Crippen LogP contribution in [0.15, 0.2) is 29.2 Å². The topological polar surface area (TPSA) is 65.1 Å². The molecule has 0 aliphatic heterocycles. The highest BCUT2D eigenvalue weighted by atomic mass is 32.2. The Bertz CT molecular complexity index is 687. The Morgan fingerprint density at radius 3 is 2.53 bits per heavy atom. The van der Waals surface area contributed by atoms with E-state index in [1.807, 2.05) is 31.2 Å². The van der Waals surface area contributed by atoms with E-state index in [4.69, 9.17) is 5.14 Å². The van der Waals surface area contributed by atoms with Crippen LogP contribution in [0.5, 0.6) is 0 Å². The van der Waals surface area contributed by atoms with E-state index in [0.717, 1.165) is 42.4 Å². The molecule has 0 amide bonds. The van der Waals surface area contributed by atoms with Gasteiger partial charge in [0.2, 0.25) is 10.0 Å². The van der Waals surface area contributed by atoms with Crippen molar-refractivity contribution in [2.24, 2.45) is 5.14 Å². The Labute approximate surface area is 114 Å². The Hall–Kier alpha value is -1.33. The summed E-state index contributed by atoms with van der Waals surface area (Å²) < 4.78 is 25.6. The molecule has 0 fully saturated rings. The standard InChI is InChI=1S/C14H20N2O2S/c1-3-4-7-10-16-11(2)14(19(15,17)18)12-8-5-6-9-13(12)16/h5-6,8-9H,3-4,7,10H2,1-2H3,(H2,15,17,18). The van der Waals surface area contributed by atoms with E-state index in [-0.39, 0.29) is 4.90 Å². The number of hydrogen-bond acceptors (Lipinski definition) is 2. The predicted molar refractivity (Wildman–Crippen MR) is 77.6 cm³/mol. The summed E-state index contributed by atoms with van der Waals surface area (Å²) in [5.74, 6) is 0. The number of nitrogens with zero attached hydrogens (tertiary/aromatic N) is 1. The molecule has 0 radical (unpaired) electrons. The first kappa shape index (κ1) is 14.1. The molecule has 0 unspecified atom stereocenters. The number of sulfonamides is 1. The van der Waals surface area contributed by atoms with Gasteiger partial charge in [-0.2, -0.15) is 0 Å². The molecule has 4 nitrogen and oxygen atoms in total. The van der Waals surface area contributed by atoms with Gasteiger partial charge in [0.05, 0.1) is 0 Å². The number of fused-ring (bicyclic) bond motifs is 1. The molecule has 0 aliphatic rings. The molecule has 0 spiro atoms. The Morgan fingerprint density at radius 2 is 1.89 bits per heavy atom. The number of unbranched alkanes of at least 4 members (excludes halogenated alkanes) is 2. The lowest BCUT2D eigenvalue weighted by molar-refractivity contribution is 0.589.